The minimum absolute atomic E-state index is 0.0488. The smallest absolute Gasteiger partial charge is 0.358 e. The Labute approximate surface area is 197 Å². The third-order valence-electron chi connectivity index (χ3n) is 5.93. The van der Waals surface area contributed by atoms with E-state index in [1.54, 1.807) is 35.3 Å². The van der Waals surface area contributed by atoms with Crippen molar-refractivity contribution in [1.29, 1.82) is 0 Å². The Morgan fingerprint density at radius 3 is 2.74 bits per heavy atom. The second-order valence-corrected chi connectivity index (χ2v) is 8.40. The summed E-state index contributed by atoms with van der Waals surface area (Å²) < 4.78 is 8.88. The molecule has 0 spiro atoms. The van der Waals surface area contributed by atoms with Crippen molar-refractivity contribution >= 4 is 17.6 Å². The minimum atomic E-state index is -1.19. The SMILES string of the molecule is NCCCCCn1cc(-c2cccc(C(=O)Nc3cn(C4CCOCC4)nc3C(=O)O)c2)cn1. The molecule has 4 rings (SSSR count). The summed E-state index contributed by atoms with van der Waals surface area (Å²) in [6, 6.07) is 7.23. The first kappa shape index (κ1) is 23.7. The van der Waals surface area contributed by atoms with E-state index in [0.29, 0.717) is 25.3 Å². The van der Waals surface area contributed by atoms with Gasteiger partial charge in [-0.3, -0.25) is 14.2 Å². The third kappa shape index (κ3) is 5.70. The molecule has 1 aliphatic heterocycles. The highest BCUT2D eigenvalue weighted by Crippen LogP contribution is 2.25. The van der Waals surface area contributed by atoms with Crippen molar-refractivity contribution in [3.8, 4) is 11.1 Å². The lowest BCUT2D eigenvalue weighted by molar-refractivity contribution is 0.0645. The van der Waals surface area contributed by atoms with Crippen LogP contribution in [0.25, 0.3) is 11.1 Å². The number of rotatable bonds is 10. The Hall–Kier alpha value is -3.50. The van der Waals surface area contributed by atoms with E-state index < -0.39 is 11.9 Å². The summed E-state index contributed by atoms with van der Waals surface area (Å²) in [5.74, 6) is -1.58. The van der Waals surface area contributed by atoms with E-state index in [-0.39, 0.29) is 17.4 Å². The number of nitrogens with zero attached hydrogens (tertiary/aromatic N) is 4. The van der Waals surface area contributed by atoms with E-state index in [2.05, 4.69) is 15.5 Å². The maximum atomic E-state index is 13.0. The topological polar surface area (TPSA) is 137 Å². The summed E-state index contributed by atoms with van der Waals surface area (Å²) in [5.41, 5.74) is 7.73. The maximum Gasteiger partial charge on any atom is 0.358 e. The number of aryl methyl sites for hydroxylation is 1. The highest BCUT2D eigenvalue weighted by Gasteiger charge is 2.23. The van der Waals surface area contributed by atoms with Crippen molar-refractivity contribution < 1.29 is 19.4 Å². The molecule has 10 heteroatoms. The average Bonchev–Trinajstić information content (AvgIpc) is 3.50. The molecule has 0 aliphatic carbocycles. The summed E-state index contributed by atoms with van der Waals surface area (Å²) in [4.78, 5) is 24.7. The molecule has 34 heavy (non-hydrogen) atoms. The normalized spacial score (nSPS) is 14.3. The van der Waals surface area contributed by atoms with Crippen molar-refractivity contribution in [3.05, 3.63) is 54.1 Å². The first-order valence-electron chi connectivity index (χ1n) is 11.6. The number of nitrogens with two attached hydrogens (primary N) is 1. The molecule has 3 heterocycles. The number of hydrogen-bond donors (Lipinski definition) is 3. The molecule has 1 amide bonds. The molecule has 2 aromatic heterocycles. The molecule has 4 N–H and O–H groups in total. The quantitative estimate of drug-likeness (QED) is 0.390. The number of carbonyl (C=O) groups excluding carboxylic acids is 1. The molecule has 1 aromatic carbocycles. The monoisotopic (exact) mass is 466 g/mol. The number of carbonyl (C=O) groups is 2. The second kappa shape index (κ2) is 11.1. The van der Waals surface area contributed by atoms with Crippen LogP contribution in [0.15, 0.2) is 42.9 Å². The van der Waals surface area contributed by atoms with Crippen LogP contribution in [-0.4, -0.2) is 56.3 Å². The van der Waals surface area contributed by atoms with Gasteiger partial charge in [-0.2, -0.15) is 10.2 Å². The highest BCUT2D eigenvalue weighted by atomic mass is 16.5. The van der Waals surface area contributed by atoms with Gasteiger partial charge < -0.3 is 20.9 Å². The van der Waals surface area contributed by atoms with Crippen LogP contribution in [-0.2, 0) is 11.3 Å². The highest BCUT2D eigenvalue weighted by molar-refractivity contribution is 6.07. The van der Waals surface area contributed by atoms with Gasteiger partial charge in [0.05, 0.1) is 17.9 Å². The molecule has 0 radical (unpaired) electrons. The Balaban J connectivity index is 1.47. The number of aromatic carboxylic acids is 1. The molecule has 0 bridgehead atoms. The Morgan fingerprint density at radius 2 is 1.97 bits per heavy atom. The molecule has 180 valence electrons. The van der Waals surface area contributed by atoms with Gasteiger partial charge in [-0.25, -0.2) is 4.79 Å². The van der Waals surface area contributed by atoms with Gasteiger partial charge in [0, 0.05) is 43.3 Å². The number of hydrogen-bond acceptors (Lipinski definition) is 6. The van der Waals surface area contributed by atoms with Crippen LogP contribution >= 0.6 is 0 Å². The number of nitrogens with one attached hydrogen (secondary N) is 1. The number of ether oxygens (including phenoxy) is 1. The molecule has 1 saturated heterocycles. The fraction of sp³-hybridized carbons (Fsp3) is 0.417. The summed E-state index contributed by atoms with van der Waals surface area (Å²) in [6.07, 6.45) is 9.89. The van der Waals surface area contributed by atoms with Crippen LogP contribution in [0.1, 0.15) is 59.0 Å². The summed E-state index contributed by atoms with van der Waals surface area (Å²) in [7, 11) is 0. The van der Waals surface area contributed by atoms with E-state index in [1.165, 1.54) is 0 Å². The lowest BCUT2D eigenvalue weighted by Crippen LogP contribution is -2.20. The largest absolute Gasteiger partial charge is 0.476 e. The maximum absolute atomic E-state index is 13.0. The van der Waals surface area contributed by atoms with Gasteiger partial charge in [-0.15, -0.1) is 0 Å². The molecular weight excluding hydrogens is 436 g/mol. The minimum Gasteiger partial charge on any atom is -0.476 e. The standard InChI is InChI=1S/C24H30N6O4/c25-9-2-1-3-10-29-15-19(14-26-29)17-5-4-6-18(13-17)23(31)27-21-16-30(28-22(21)24(32)33)20-7-11-34-12-8-20/h4-6,13-16,20H,1-3,7-12,25H2,(H,27,31)(H,32,33). The molecule has 0 unspecified atom stereocenters. The second-order valence-electron chi connectivity index (χ2n) is 8.40. The molecule has 1 fully saturated rings. The Morgan fingerprint density at radius 1 is 1.15 bits per heavy atom. The van der Waals surface area contributed by atoms with Gasteiger partial charge >= 0.3 is 5.97 Å². The number of unbranched alkanes of at least 4 members (excludes halogenated alkanes) is 2. The van der Waals surface area contributed by atoms with E-state index in [1.807, 2.05) is 16.9 Å². The van der Waals surface area contributed by atoms with Crippen LogP contribution in [0.3, 0.4) is 0 Å². The van der Waals surface area contributed by atoms with E-state index in [9.17, 15) is 14.7 Å². The van der Waals surface area contributed by atoms with E-state index in [4.69, 9.17) is 10.5 Å². The van der Waals surface area contributed by atoms with Crippen LogP contribution in [0.4, 0.5) is 5.69 Å². The number of amides is 1. The van der Waals surface area contributed by atoms with Gasteiger partial charge in [0.25, 0.3) is 5.91 Å². The zero-order chi connectivity index (χ0) is 23.9. The third-order valence-corrected chi connectivity index (χ3v) is 5.93. The van der Waals surface area contributed by atoms with Crippen LogP contribution in [0.5, 0.6) is 0 Å². The summed E-state index contributed by atoms with van der Waals surface area (Å²) >= 11 is 0. The Kier molecular flexibility index (Phi) is 7.71. The van der Waals surface area contributed by atoms with Crippen LogP contribution < -0.4 is 11.1 Å². The predicted molar refractivity (Wildman–Crippen MR) is 127 cm³/mol. The zero-order valence-electron chi connectivity index (χ0n) is 19.0. The van der Waals surface area contributed by atoms with Crippen LogP contribution in [0.2, 0.25) is 0 Å². The number of aromatic nitrogens is 4. The summed E-state index contributed by atoms with van der Waals surface area (Å²) in [6.45, 7) is 2.72. The van der Waals surface area contributed by atoms with Crippen molar-refractivity contribution in [3.63, 3.8) is 0 Å². The van der Waals surface area contributed by atoms with E-state index in [0.717, 1.165) is 49.8 Å². The zero-order valence-corrected chi connectivity index (χ0v) is 19.0. The number of carboxylic acids is 1. The van der Waals surface area contributed by atoms with Crippen molar-refractivity contribution in [1.82, 2.24) is 19.6 Å². The molecule has 3 aromatic rings. The fourth-order valence-corrected chi connectivity index (χ4v) is 4.04. The number of benzene rings is 1. The van der Waals surface area contributed by atoms with Crippen LogP contribution in [0, 0.1) is 0 Å². The first-order valence-corrected chi connectivity index (χ1v) is 11.6. The lowest BCUT2D eigenvalue weighted by Gasteiger charge is -2.22. The molecule has 10 nitrogen and oxygen atoms in total. The van der Waals surface area contributed by atoms with Gasteiger partial charge in [0.2, 0.25) is 0 Å². The fourth-order valence-electron chi connectivity index (χ4n) is 4.04. The lowest BCUT2D eigenvalue weighted by atomic mass is 10.1. The van der Waals surface area contributed by atoms with Crippen molar-refractivity contribution in [2.45, 2.75) is 44.7 Å². The first-order chi connectivity index (χ1) is 16.5. The van der Waals surface area contributed by atoms with Gasteiger partial charge in [0.15, 0.2) is 5.69 Å². The van der Waals surface area contributed by atoms with Gasteiger partial charge in [-0.05, 0) is 49.9 Å². The number of carboxylic acid groups (broad SMARTS) is 1. The molecule has 1 aliphatic rings. The predicted octanol–water partition coefficient (Wildman–Crippen LogP) is 3.18. The molecule has 0 atom stereocenters. The van der Waals surface area contributed by atoms with Gasteiger partial charge in [-0.1, -0.05) is 18.6 Å². The number of anilines is 1. The molecule has 0 saturated carbocycles. The summed E-state index contributed by atoms with van der Waals surface area (Å²) in [5, 5.41) is 20.9. The van der Waals surface area contributed by atoms with Crippen molar-refractivity contribution in [2.75, 3.05) is 25.1 Å². The van der Waals surface area contributed by atoms with Gasteiger partial charge in [0.1, 0.15) is 0 Å². The van der Waals surface area contributed by atoms with Crippen molar-refractivity contribution in [2.24, 2.45) is 5.73 Å². The Bertz CT molecular complexity index is 1130. The molecular formula is C24H30N6O4. The average molecular weight is 467 g/mol. The van der Waals surface area contributed by atoms with E-state index >= 15 is 0 Å².